The number of pyridine rings is 1. The molecule has 3 heterocycles. The van der Waals surface area contributed by atoms with E-state index < -0.39 is 0 Å². The highest BCUT2D eigenvalue weighted by molar-refractivity contribution is 6.12. The first-order chi connectivity index (χ1) is 27.8. The maximum Gasteiger partial charge on any atom is 0.0715 e. The minimum atomic E-state index is 0.950. The molecule has 0 fully saturated rings. The first kappa shape index (κ1) is 32.0. The Hall–Kier alpha value is -7.49. The third-order valence-electron chi connectivity index (χ3n) is 11.1. The number of rotatable bonds is 6. The quantitative estimate of drug-likeness (QED) is 0.168. The Balaban J connectivity index is 1.07. The fourth-order valence-corrected chi connectivity index (χ4v) is 8.53. The Bertz CT molecular complexity index is 3130. The van der Waals surface area contributed by atoms with Crippen molar-refractivity contribution in [3.8, 4) is 56.1 Å². The molecule has 0 amide bonds. The molecule has 0 atom stereocenters. The van der Waals surface area contributed by atoms with E-state index in [4.69, 9.17) is 4.98 Å². The van der Waals surface area contributed by atoms with Gasteiger partial charge in [0.1, 0.15) is 0 Å². The maximum absolute atomic E-state index is 5.22. The molecule has 0 N–H and O–H groups in total. The summed E-state index contributed by atoms with van der Waals surface area (Å²) < 4.78 is 4.86. The second kappa shape index (κ2) is 13.1. The molecular weight excluding hydrogens is 679 g/mol. The van der Waals surface area contributed by atoms with Gasteiger partial charge in [-0.05, 0) is 82.9 Å². The molecule has 11 aromatic rings. The number of fused-ring (bicyclic) bond motifs is 6. The van der Waals surface area contributed by atoms with E-state index in [1.54, 1.807) is 0 Å². The highest BCUT2D eigenvalue weighted by atomic mass is 15.1. The highest BCUT2D eigenvalue weighted by Gasteiger charge is 2.19. The van der Waals surface area contributed by atoms with Gasteiger partial charge in [0.2, 0.25) is 0 Å². The van der Waals surface area contributed by atoms with Crippen molar-refractivity contribution in [1.29, 1.82) is 0 Å². The van der Waals surface area contributed by atoms with Crippen molar-refractivity contribution in [3.05, 3.63) is 212 Å². The van der Waals surface area contributed by atoms with Gasteiger partial charge in [-0.2, -0.15) is 0 Å². The van der Waals surface area contributed by atoms with Gasteiger partial charge in [-0.25, -0.2) is 4.98 Å². The van der Waals surface area contributed by atoms with E-state index in [2.05, 4.69) is 215 Å². The molecule has 0 saturated carbocycles. The van der Waals surface area contributed by atoms with E-state index in [0.29, 0.717) is 0 Å². The van der Waals surface area contributed by atoms with Gasteiger partial charge in [0.05, 0.1) is 44.8 Å². The van der Waals surface area contributed by atoms with E-state index in [9.17, 15) is 0 Å². The number of para-hydroxylation sites is 5. The Labute approximate surface area is 325 Å². The summed E-state index contributed by atoms with van der Waals surface area (Å²) in [5.74, 6) is 0. The summed E-state index contributed by atoms with van der Waals surface area (Å²) in [5.41, 5.74) is 15.8. The summed E-state index contributed by atoms with van der Waals surface area (Å²) in [6.07, 6.45) is 0. The molecule has 0 bridgehead atoms. The van der Waals surface area contributed by atoms with Crippen molar-refractivity contribution in [2.24, 2.45) is 0 Å². The van der Waals surface area contributed by atoms with Crippen LogP contribution in [0.3, 0.4) is 0 Å². The van der Waals surface area contributed by atoms with Crippen LogP contribution in [0.15, 0.2) is 212 Å². The van der Waals surface area contributed by atoms with Crippen LogP contribution in [0, 0.1) is 0 Å². The summed E-state index contributed by atoms with van der Waals surface area (Å²) >= 11 is 0. The van der Waals surface area contributed by atoms with Crippen LogP contribution in [0.2, 0.25) is 0 Å². The van der Waals surface area contributed by atoms with Crippen LogP contribution >= 0.6 is 0 Å². The summed E-state index contributed by atoms with van der Waals surface area (Å²) in [5, 5.41) is 4.95. The minimum absolute atomic E-state index is 0.950. The van der Waals surface area contributed by atoms with Crippen molar-refractivity contribution in [2.75, 3.05) is 0 Å². The number of hydrogen-bond acceptors (Lipinski definition) is 1. The summed E-state index contributed by atoms with van der Waals surface area (Å²) in [6, 6.07) is 76.2. The molecule has 0 aliphatic rings. The van der Waals surface area contributed by atoms with Gasteiger partial charge < -0.3 is 9.13 Å². The van der Waals surface area contributed by atoms with Crippen LogP contribution < -0.4 is 0 Å². The van der Waals surface area contributed by atoms with Crippen molar-refractivity contribution < 1.29 is 0 Å². The van der Waals surface area contributed by atoms with Crippen LogP contribution in [-0.4, -0.2) is 14.1 Å². The van der Waals surface area contributed by atoms with Gasteiger partial charge in [0.25, 0.3) is 0 Å². The maximum atomic E-state index is 5.22. The number of benzene rings is 8. The fourth-order valence-electron chi connectivity index (χ4n) is 8.53. The molecule has 0 unspecified atom stereocenters. The van der Waals surface area contributed by atoms with E-state index >= 15 is 0 Å². The Morgan fingerprint density at radius 3 is 1.29 bits per heavy atom. The van der Waals surface area contributed by atoms with E-state index in [1.165, 1.54) is 54.7 Å². The standard InChI is InChI=1S/C53H35N3/c1-3-16-36(17-4-1)41-34-46(37-18-5-2-6-19-37)54-47(35-41)40-21-15-20-38(32-40)39-30-31-51-45(33-39)44-24-9-12-27-50(44)56(51)53-29-14-13-28-52(53)55-48-25-10-7-22-42(48)43-23-8-11-26-49(43)55/h1-35H. The van der Waals surface area contributed by atoms with Crippen molar-refractivity contribution in [3.63, 3.8) is 0 Å². The molecule has 11 rings (SSSR count). The normalized spacial score (nSPS) is 11.6. The lowest BCUT2D eigenvalue weighted by atomic mass is 9.97. The zero-order valence-corrected chi connectivity index (χ0v) is 30.5. The first-order valence-electron chi connectivity index (χ1n) is 19.1. The molecule has 3 nitrogen and oxygen atoms in total. The van der Waals surface area contributed by atoms with Crippen molar-refractivity contribution in [2.45, 2.75) is 0 Å². The number of hydrogen-bond donors (Lipinski definition) is 0. The largest absolute Gasteiger partial charge is 0.307 e. The summed E-state index contributed by atoms with van der Waals surface area (Å²) in [4.78, 5) is 5.22. The van der Waals surface area contributed by atoms with Crippen LogP contribution in [0.5, 0.6) is 0 Å². The Morgan fingerprint density at radius 1 is 0.250 bits per heavy atom. The lowest BCUT2D eigenvalue weighted by Crippen LogP contribution is -2.03. The first-order valence-corrected chi connectivity index (χ1v) is 19.1. The summed E-state index contributed by atoms with van der Waals surface area (Å²) in [7, 11) is 0. The second-order valence-electron chi connectivity index (χ2n) is 14.4. The van der Waals surface area contributed by atoms with Crippen molar-refractivity contribution >= 4 is 43.6 Å². The van der Waals surface area contributed by atoms with Gasteiger partial charge in [-0.15, -0.1) is 0 Å². The fraction of sp³-hybridized carbons (Fsp3) is 0. The molecule has 0 spiro atoms. The Kier molecular flexibility index (Phi) is 7.49. The van der Waals surface area contributed by atoms with Gasteiger partial charge in [0, 0.05) is 32.7 Å². The topological polar surface area (TPSA) is 22.8 Å². The predicted molar refractivity (Wildman–Crippen MR) is 235 cm³/mol. The highest BCUT2D eigenvalue weighted by Crippen LogP contribution is 2.40. The average molecular weight is 714 g/mol. The van der Waals surface area contributed by atoms with Gasteiger partial charge in [0.15, 0.2) is 0 Å². The van der Waals surface area contributed by atoms with E-state index in [-0.39, 0.29) is 0 Å². The molecule has 0 radical (unpaired) electrons. The molecule has 0 aliphatic carbocycles. The lowest BCUT2D eigenvalue weighted by molar-refractivity contribution is 1.10. The van der Waals surface area contributed by atoms with Gasteiger partial charge in [-0.3, -0.25) is 0 Å². The zero-order valence-electron chi connectivity index (χ0n) is 30.5. The molecular formula is C53H35N3. The molecule has 3 aromatic heterocycles. The molecule has 262 valence electrons. The zero-order chi connectivity index (χ0) is 37.0. The minimum Gasteiger partial charge on any atom is -0.307 e. The average Bonchev–Trinajstić information content (AvgIpc) is 3.79. The number of aromatic nitrogens is 3. The SMILES string of the molecule is c1ccc(-c2cc(-c3ccccc3)nc(-c3cccc(-c4ccc5c(c4)c4ccccc4n5-c4ccccc4-n4c5ccccc5c5ccccc54)c3)c2)cc1. The van der Waals surface area contributed by atoms with Crippen LogP contribution in [0.4, 0.5) is 0 Å². The molecule has 56 heavy (non-hydrogen) atoms. The predicted octanol–water partition coefficient (Wildman–Crippen LogP) is 13.9. The van der Waals surface area contributed by atoms with Crippen molar-refractivity contribution in [1.82, 2.24) is 14.1 Å². The van der Waals surface area contributed by atoms with Gasteiger partial charge >= 0.3 is 0 Å². The monoisotopic (exact) mass is 713 g/mol. The number of nitrogens with zero attached hydrogens (tertiary/aromatic N) is 3. The second-order valence-corrected chi connectivity index (χ2v) is 14.4. The molecule has 8 aromatic carbocycles. The Morgan fingerprint density at radius 2 is 0.679 bits per heavy atom. The van der Waals surface area contributed by atoms with Crippen LogP contribution in [-0.2, 0) is 0 Å². The van der Waals surface area contributed by atoms with Crippen LogP contribution in [0.25, 0.3) is 99.8 Å². The van der Waals surface area contributed by atoms with E-state index in [0.717, 1.165) is 45.0 Å². The van der Waals surface area contributed by atoms with Crippen LogP contribution in [0.1, 0.15) is 0 Å². The third-order valence-corrected chi connectivity index (χ3v) is 11.1. The molecule has 3 heteroatoms. The lowest BCUT2D eigenvalue weighted by Gasteiger charge is -2.16. The van der Waals surface area contributed by atoms with E-state index in [1.807, 2.05) is 6.07 Å². The third kappa shape index (κ3) is 5.25. The molecule has 0 aliphatic heterocycles. The van der Waals surface area contributed by atoms with Gasteiger partial charge in [-0.1, -0.05) is 152 Å². The molecule has 0 saturated heterocycles. The smallest absolute Gasteiger partial charge is 0.0715 e. The summed E-state index contributed by atoms with van der Waals surface area (Å²) in [6.45, 7) is 0.